The second-order valence-corrected chi connectivity index (χ2v) is 8.50. The topological polar surface area (TPSA) is 72.0 Å². The van der Waals surface area contributed by atoms with Gasteiger partial charge in [-0.25, -0.2) is 8.42 Å². The van der Waals surface area contributed by atoms with Crippen LogP contribution in [0.5, 0.6) is 0 Å². The van der Waals surface area contributed by atoms with Crippen molar-refractivity contribution in [3.05, 3.63) is 10.6 Å². The van der Waals surface area contributed by atoms with E-state index in [1.54, 1.807) is 0 Å². The van der Waals surface area contributed by atoms with Gasteiger partial charge in [0, 0.05) is 18.1 Å². The van der Waals surface area contributed by atoms with E-state index in [9.17, 15) is 8.42 Å². The monoisotopic (exact) mass is 319 g/mol. The fourth-order valence-electron chi connectivity index (χ4n) is 2.04. The highest BCUT2D eigenvalue weighted by Gasteiger charge is 2.20. The first-order valence-electron chi connectivity index (χ1n) is 7.08. The van der Waals surface area contributed by atoms with Crippen LogP contribution in [0, 0.1) is 0 Å². The summed E-state index contributed by atoms with van der Waals surface area (Å²) in [5.41, 5.74) is 1.03. The quantitative estimate of drug-likeness (QED) is 0.757. The summed E-state index contributed by atoms with van der Waals surface area (Å²) < 4.78 is 26.6. The Morgan fingerprint density at radius 3 is 2.60 bits per heavy atom. The molecule has 1 atom stereocenters. The van der Waals surface area contributed by atoms with Crippen molar-refractivity contribution in [1.29, 1.82) is 0 Å². The van der Waals surface area contributed by atoms with E-state index in [1.165, 1.54) is 17.8 Å². The molecule has 0 aliphatic carbocycles. The van der Waals surface area contributed by atoms with Crippen molar-refractivity contribution >= 4 is 21.4 Å². The predicted octanol–water partition coefficient (Wildman–Crippen LogP) is 2.53. The molecule has 0 radical (unpaired) electrons. The number of nitrogens with one attached hydrogen (secondary N) is 1. The summed E-state index contributed by atoms with van der Waals surface area (Å²) >= 11 is 1.42. The van der Waals surface area contributed by atoms with Gasteiger partial charge < -0.3 is 5.32 Å². The molecule has 7 heteroatoms. The molecule has 116 valence electrons. The average Bonchev–Trinajstić information content (AvgIpc) is 2.81. The van der Waals surface area contributed by atoms with Crippen molar-refractivity contribution in [2.75, 3.05) is 18.6 Å². The molecule has 0 aliphatic rings. The van der Waals surface area contributed by atoms with Crippen molar-refractivity contribution in [1.82, 2.24) is 14.9 Å². The van der Waals surface area contributed by atoms with E-state index < -0.39 is 9.84 Å². The highest BCUT2D eigenvalue weighted by molar-refractivity contribution is 7.90. The van der Waals surface area contributed by atoms with Gasteiger partial charge in [0.25, 0.3) is 0 Å². The van der Waals surface area contributed by atoms with Crippen LogP contribution in [0.25, 0.3) is 0 Å². The average molecular weight is 319 g/mol. The second-order valence-electron chi connectivity index (χ2n) is 5.46. The highest BCUT2D eigenvalue weighted by Crippen LogP contribution is 2.29. The van der Waals surface area contributed by atoms with E-state index in [-0.39, 0.29) is 11.8 Å². The van der Waals surface area contributed by atoms with Crippen LogP contribution in [0.2, 0.25) is 0 Å². The number of rotatable bonds is 9. The van der Waals surface area contributed by atoms with Gasteiger partial charge in [0.1, 0.15) is 9.84 Å². The van der Waals surface area contributed by atoms with Gasteiger partial charge in [0.2, 0.25) is 0 Å². The minimum Gasteiger partial charge on any atom is -0.309 e. The molecule has 0 bridgehead atoms. The zero-order chi connectivity index (χ0) is 15.2. The number of nitrogens with zero attached hydrogens (tertiary/aromatic N) is 2. The molecule has 1 heterocycles. The van der Waals surface area contributed by atoms with Crippen molar-refractivity contribution < 1.29 is 8.42 Å². The van der Waals surface area contributed by atoms with Crippen LogP contribution in [0.15, 0.2) is 0 Å². The van der Waals surface area contributed by atoms with Crippen LogP contribution in [-0.2, 0) is 9.84 Å². The lowest BCUT2D eigenvalue weighted by Gasteiger charge is -2.18. The van der Waals surface area contributed by atoms with Crippen molar-refractivity contribution in [2.45, 2.75) is 52.0 Å². The van der Waals surface area contributed by atoms with Gasteiger partial charge in [-0.05, 0) is 43.3 Å². The maximum Gasteiger partial charge on any atom is 0.147 e. The molecular formula is C13H25N3O2S2. The molecule has 0 spiro atoms. The summed E-state index contributed by atoms with van der Waals surface area (Å²) in [6, 6.07) is 0.161. The molecular weight excluding hydrogens is 294 g/mol. The first kappa shape index (κ1) is 17.5. The summed E-state index contributed by atoms with van der Waals surface area (Å²) in [4.78, 5) is 1.15. The third-order valence-electron chi connectivity index (χ3n) is 3.05. The standard InChI is InChI=1S/C13H25N3O2S2/c1-5-8-14-11(7-6-9-20(4,17)18)13-12(10(2)3)15-16-19-13/h10-11,14H,5-9H2,1-4H3. The molecule has 1 N–H and O–H groups in total. The molecule has 0 aliphatic heterocycles. The Balaban J connectivity index is 2.75. The van der Waals surface area contributed by atoms with Gasteiger partial charge in [0.05, 0.1) is 10.6 Å². The Labute approximate surface area is 126 Å². The summed E-state index contributed by atoms with van der Waals surface area (Å²) in [7, 11) is -2.89. The lowest BCUT2D eigenvalue weighted by Crippen LogP contribution is -2.23. The number of hydrogen-bond donors (Lipinski definition) is 1. The fraction of sp³-hybridized carbons (Fsp3) is 0.846. The van der Waals surface area contributed by atoms with Gasteiger partial charge in [-0.3, -0.25) is 0 Å². The minimum atomic E-state index is -2.89. The van der Waals surface area contributed by atoms with E-state index in [4.69, 9.17) is 0 Å². The lowest BCUT2D eigenvalue weighted by molar-refractivity contribution is 0.493. The van der Waals surface area contributed by atoms with Gasteiger partial charge >= 0.3 is 0 Å². The van der Waals surface area contributed by atoms with Gasteiger partial charge in [0.15, 0.2) is 0 Å². The fourth-order valence-corrected chi connectivity index (χ4v) is 3.65. The van der Waals surface area contributed by atoms with Crippen LogP contribution >= 0.6 is 11.5 Å². The molecule has 0 amide bonds. The van der Waals surface area contributed by atoms with Crippen LogP contribution in [0.4, 0.5) is 0 Å². The SMILES string of the molecule is CCCNC(CCCS(C)(=O)=O)c1snnc1C(C)C. The number of sulfone groups is 1. The second kappa shape index (κ2) is 8.05. The Morgan fingerprint density at radius 1 is 1.35 bits per heavy atom. The van der Waals surface area contributed by atoms with E-state index in [2.05, 4.69) is 35.7 Å². The number of aromatic nitrogens is 2. The first-order valence-corrected chi connectivity index (χ1v) is 9.91. The molecule has 5 nitrogen and oxygen atoms in total. The van der Waals surface area contributed by atoms with Crippen molar-refractivity contribution in [2.24, 2.45) is 0 Å². The summed E-state index contributed by atoms with van der Waals surface area (Å²) in [6.45, 7) is 7.25. The normalized spacial score (nSPS) is 13.8. The third-order valence-corrected chi connectivity index (χ3v) is 4.94. The molecule has 1 aromatic heterocycles. The molecule has 20 heavy (non-hydrogen) atoms. The van der Waals surface area contributed by atoms with Gasteiger partial charge in [-0.15, -0.1) is 5.10 Å². The van der Waals surface area contributed by atoms with Crippen LogP contribution < -0.4 is 5.32 Å². The molecule has 0 fully saturated rings. The summed E-state index contributed by atoms with van der Waals surface area (Å²) in [5.74, 6) is 0.574. The molecule has 0 aromatic carbocycles. The van der Waals surface area contributed by atoms with Crippen LogP contribution in [-0.4, -0.2) is 36.6 Å². The largest absolute Gasteiger partial charge is 0.309 e. The maximum atomic E-state index is 11.2. The molecule has 1 unspecified atom stereocenters. The zero-order valence-electron chi connectivity index (χ0n) is 12.7. The summed E-state index contributed by atoms with van der Waals surface area (Å²) in [5, 5.41) is 7.70. The van der Waals surface area contributed by atoms with E-state index in [1.807, 2.05) is 0 Å². The third kappa shape index (κ3) is 5.85. The first-order chi connectivity index (χ1) is 9.35. The van der Waals surface area contributed by atoms with Gasteiger partial charge in [-0.1, -0.05) is 25.3 Å². The molecule has 1 aromatic rings. The minimum absolute atomic E-state index is 0.161. The smallest absolute Gasteiger partial charge is 0.147 e. The molecule has 0 saturated carbocycles. The van der Waals surface area contributed by atoms with E-state index in [0.717, 1.165) is 30.0 Å². The Kier molecular flexibility index (Phi) is 7.05. The van der Waals surface area contributed by atoms with E-state index >= 15 is 0 Å². The summed E-state index contributed by atoms with van der Waals surface area (Å²) in [6.07, 6.45) is 3.80. The Morgan fingerprint density at radius 2 is 2.05 bits per heavy atom. The maximum absolute atomic E-state index is 11.2. The molecule has 0 saturated heterocycles. The Hall–Kier alpha value is -0.530. The van der Waals surface area contributed by atoms with Crippen molar-refractivity contribution in [3.8, 4) is 0 Å². The lowest BCUT2D eigenvalue weighted by atomic mass is 10.0. The molecule has 1 rings (SSSR count). The van der Waals surface area contributed by atoms with Gasteiger partial charge in [-0.2, -0.15) is 0 Å². The van der Waals surface area contributed by atoms with Crippen LogP contribution in [0.3, 0.4) is 0 Å². The zero-order valence-corrected chi connectivity index (χ0v) is 14.4. The van der Waals surface area contributed by atoms with Crippen molar-refractivity contribution in [3.63, 3.8) is 0 Å². The highest BCUT2D eigenvalue weighted by atomic mass is 32.2. The van der Waals surface area contributed by atoms with E-state index in [0.29, 0.717) is 12.3 Å². The number of hydrogen-bond acceptors (Lipinski definition) is 6. The predicted molar refractivity (Wildman–Crippen MR) is 84.0 cm³/mol. The Bertz CT molecular complexity index is 497. The van der Waals surface area contributed by atoms with Crippen LogP contribution in [0.1, 0.15) is 62.6 Å².